The monoisotopic (exact) mass is 215 g/mol. The molecule has 0 radical (unpaired) electrons. The van der Waals surface area contributed by atoms with Crippen LogP contribution < -0.4 is 0 Å². The summed E-state index contributed by atoms with van der Waals surface area (Å²) >= 11 is 0. The van der Waals surface area contributed by atoms with Gasteiger partial charge >= 0.3 is 5.97 Å². The molecule has 0 aromatic heterocycles. The van der Waals surface area contributed by atoms with E-state index in [1.807, 2.05) is 12.1 Å². The molecule has 82 valence electrons. The van der Waals surface area contributed by atoms with Crippen LogP contribution in [-0.2, 0) is 17.6 Å². The lowest BCUT2D eigenvalue weighted by Crippen LogP contribution is -2.16. The molecule has 3 heteroatoms. The Morgan fingerprint density at radius 2 is 2.31 bits per heavy atom. The molecule has 0 bridgehead atoms. The third-order valence-corrected chi connectivity index (χ3v) is 3.01. The third-order valence-electron chi connectivity index (χ3n) is 3.01. The first-order valence-corrected chi connectivity index (χ1v) is 5.31. The first-order valence-electron chi connectivity index (χ1n) is 5.31. The highest BCUT2D eigenvalue weighted by Gasteiger charge is 2.22. The van der Waals surface area contributed by atoms with Crippen LogP contribution >= 0.6 is 0 Å². The maximum atomic E-state index is 11.3. The maximum absolute atomic E-state index is 11.3. The predicted octanol–water partition coefficient (Wildman–Crippen LogP) is 2.25. The van der Waals surface area contributed by atoms with Crippen molar-refractivity contribution in [2.24, 2.45) is 0 Å². The largest absolute Gasteiger partial charge is 0.465 e. The van der Waals surface area contributed by atoms with Crippen LogP contribution in [-0.4, -0.2) is 19.1 Å². The Labute approximate surface area is 94.9 Å². The van der Waals surface area contributed by atoms with Crippen molar-refractivity contribution in [2.75, 3.05) is 7.11 Å². The number of rotatable bonds is 1. The molecule has 1 aromatic rings. The Balaban J connectivity index is 2.29. The van der Waals surface area contributed by atoms with Crippen LogP contribution in [0.25, 0.3) is 4.85 Å². The van der Waals surface area contributed by atoms with Crippen molar-refractivity contribution in [3.05, 3.63) is 46.3 Å². The number of aryl methyl sites for hydroxylation is 1. The Morgan fingerprint density at radius 1 is 1.50 bits per heavy atom. The molecular weight excluding hydrogens is 202 g/mol. The molecule has 2 rings (SSSR count). The lowest BCUT2D eigenvalue weighted by Gasteiger charge is -2.17. The van der Waals surface area contributed by atoms with Gasteiger partial charge in [0.2, 0.25) is 6.04 Å². The first kappa shape index (κ1) is 10.7. The van der Waals surface area contributed by atoms with Gasteiger partial charge in [-0.25, -0.2) is 11.4 Å². The van der Waals surface area contributed by atoms with E-state index in [1.54, 1.807) is 6.07 Å². The molecule has 0 amide bonds. The predicted molar refractivity (Wildman–Crippen MR) is 60.2 cm³/mol. The van der Waals surface area contributed by atoms with Crippen molar-refractivity contribution in [1.82, 2.24) is 0 Å². The second kappa shape index (κ2) is 4.36. The number of carbonyl (C=O) groups excluding carboxylic acids is 1. The van der Waals surface area contributed by atoms with Crippen molar-refractivity contribution >= 4 is 5.97 Å². The molecule has 0 aliphatic heterocycles. The number of methoxy groups -OCH3 is 1. The van der Waals surface area contributed by atoms with E-state index in [1.165, 1.54) is 18.2 Å². The molecule has 1 aromatic carbocycles. The maximum Gasteiger partial charge on any atom is 0.337 e. The summed E-state index contributed by atoms with van der Waals surface area (Å²) in [5.74, 6) is -0.296. The van der Waals surface area contributed by atoms with E-state index in [0.717, 1.165) is 19.3 Å². The van der Waals surface area contributed by atoms with Gasteiger partial charge in [-0.05, 0) is 29.7 Å². The standard InChI is InChI=1S/C13H13NO2/c1-14-12-6-5-9-7-11(13(15)16-2)4-3-10(9)8-12/h3-4,7,12H,5-6,8H2,2H3. The smallest absolute Gasteiger partial charge is 0.337 e. The van der Waals surface area contributed by atoms with Gasteiger partial charge in [0.25, 0.3) is 0 Å². The van der Waals surface area contributed by atoms with Gasteiger partial charge in [0, 0.05) is 12.8 Å². The van der Waals surface area contributed by atoms with Crippen LogP contribution in [0.1, 0.15) is 27.9 Å². The van der Waals surface area contributed by atoms with Gasteiger partial charge in [-0.1, -0.05) is 6.07 Å². The van der Waals surface area contributed by atoms with Gasteiger partial charge in [0.1, 0.15) is 0 Å². The van der Waals surface area contributed by atoms with Crippen molar-refractivity contribution in [3.63, 3.8) is 0 Å². The zero-order valence-electron chi connectivity index (χ0n) is 9.19. The van der Waals surface area contributed by atoms with Gasteiger partial charge < -0.3 is 9.58 Å². The Bertz CT molecular complexity index is 459. The molecular formula is C13H13NO2. The van der Waals surface area contributed by atoms with Crippen LogP contribution in [0.4, 0.5) is 0 Å². The van der Waals surface area contributed by atoms with E-state index in [0.29, 0.717) is 5.56 Å². The van der Waals surface area contributed by atoms with E-state index in [2.05, 4.69) is 9.58 Å². The quantitative estimate of drug-likeness (QED) is 0.531. The van der Waals surface area contributed by atoms with E-state index in [9.17, 15) is 4.79 Å². The molecule has 1 aliphatic rings. The van der Waals surface area contributed by atoms with Crippen LogP contribution in [0.5, 0.6) is 0 Å². The molecule has 0 saturated heterocycles. The molecule has 1 unspecified atom stereocenters. The number of benzene rings is 1. The summed E-state index contributed by atoms with van der Waals surface area (Å²) in [7, 11) is 1.39. The summed E-state index contributed by atoms with van der Waals surface area (Å²) in [5.41, 5.74) is 2.98. The fraction of sp³-hybridized carbons (Fsp3) is 0.385. The Morgan fingerprint density at radius 3 is 3.00 bits per heavy atom. The highest BCUT2D eigenvalue weighted by Crippen LogP contribution is 2.24. The second-order valence-electron chi connectivity index (χ2n) is 4.00. The highest BCUT2D eigenvalue weighted by atomic mass is 16.5. The van der Waals surface area contributed by atoms with E-state index in [-0.39, 0.29) is 12.0 Å². The van der Waals surface area contributed by atoms with E-state index < -0.39 is 0 Å². The third kappa shape index (κ3) is 1.92. The van der Waals surface area contributed by atoms with Crippen molar-refractivity contribution < 1.29 is 9.53 Å². The van der Waals surface area contributed by atoms with Gasteiger partial charge in [-0.2, -0.15) is 0 Å². The first-order chi connectivity index (χ1) is 7.74. The minimum atomic E-state index is -0.296. The lowest BCUT2D eigenvalue weighted by atomic mass is 9.87. The Hall–Kier alpha value is -1.82. The number of esters is 1. The number of hydrogen-bond donors (Lipinski definition) is 0. The van der Waals surface area contributed by atoms with Crippen molar-refractivity contribution in [1.29, 1.82) is 0 Å². The van der Waals surface area contributed by atoms with Gasteiger partial charge in [0.15, 0.2) is 0 Å². The van der Waals surface area contributed by atoms with E-state index >= 15 is 0 Å². The van der Waals surface area contributed by atoms with Gasteiger partial charge in [0.05, 0.1) is 12.7 Å². The minimum absolute atomic E-state index is 0.108. The zero-order chi connectivity index (χ0) is 11.5. The van der Waals surface area contributed by atoms with Crippen LogP contribution in [0, 0.1) is 6.57 Å². The van der Waals surface area contributed by atoms with E-state index in [4.69, 9.17) is 6.57 Å². The molecule has 0 fully saturated rings. The second-order valence-corrected chi connectivity index (χ2v) is 4.00. The average molecular weight is 215 g/mol. The number of hydrogen-bond acceptors (Lipinski definition) is 2. The van der Waals surface area contributed by atoms with Gasteiger partial charge in [-0.3, -0.25) is 0 Å². The summed E-state index contributed by atoms with van der Waals surface area (Å²) in [6.45, 7) is 7.03. The molecule has 0 heterocycles. The fourth-order valence-corrected chi connectivity index (χ4v) is 2.09. The fourth-order valence-electron chi connectivity index (χ4n) is 2.09. The molecule has 0 saturated carbocycles. The average Bonchev–Trinajstić information content (AvgIpc) is 2.36. The topological polar surface area (TPSA) is 30.7 Å². The van der Waals surface area contributed by atoms with Crippen molar-refractivity contribution in [3.8, 4) is 0 Å². The normalized spacial score (nSPS) is 18.4. The SMILES string of the molecule is [C-]#[N+]C1CCc2cc(C(=O)OC)ccc2C1. The Kier molecular flexibility index (Phi) is 2.91. The minimum Gasteiger partial charge on any atom is -0.465 e. The zero-order valence-corrected chi connectivity index (χ0v) is 9.19. The summed E-state index contributed by atoms with van der Waals surface area (Å²) in [5, 5.41) is 0. The molecule has 3 nitrogen and oxygen atoms in total. The number of fused-ring (bicyclic) bond motifs is 1. The van der Waals surface area contributed by atoms with Crippen LogP contribution in [0.2, 0.25) is 0 Å². The molecule has 0 N–H and O–H groups in total. The highest BCUT2D eigenvalue weighted by molar-refractivity contribution is 5.89. The van der Waals surface area contributed by atoms with Crippen LogP contribution in [0.15, 0.2) is 18.2 Å². The number of ether oxygens (including phenoxy) is 1. The molecule has 1 aliphatic carbocycles. The summed E-state index contributed by atoms with van der Waals surface area (Å²) in [6, 6.07) is 5.72. The van der Waals surface area contributed by atoms with Crippen molar-refractivity contribution in [2.45, 2.75) is 25.3 Å². The summed E-state index contributed by atoms with van der Waals surface area (Å²) in [6.07, 6.45) is 2.58. The summed E-state index contributed by atoms with van der Waals surface area (Å²) in [4.78, 5) is 14.9. The molecule has 1 atom stereocenters. The number of nitrogens with zero attached hydrogens (tertiary/aromatic N) is 1. The molecule has 16 heavy (non-hydrogen) atoms. The lowest BCUT2D eigenvalue weighted by molar-refractivity contribution is 0.0600. The molecule has 0 spiro atoms. The van der Waals surface area contributed by atoms with Crippen LogP contribution in [0.3, 0.4) is 0 Å². The number of carbonyl (C=O) groups is 1. The summed E-state index contributed by atoms with van der Waals surface area (Å²) < 4.78 is 4.68. The van der Waals surface area contributed by atoms with Gasteiger partial charge in [-0.15, -0.1) is 0 Å².